The molecule has 3 aromatic heterocycles. The topological polar surface area (TPSA) is 105 Å². The van der Waals surface area contributed by atoms with Gasteiger partial charge in [0.15, 0.2) is 5.65 Å². The first-order valence-electron chi connectivity index (χ1n) is 9.39. The minimum absolute atomic E-state index is 0.273. The number of amides is 1. The fraction of sp³-hybridized carbons (Fsp3) is 0.0909. The molecule has 2 N–H and O–H groups in total. The van der Waals surface area contributed by atoms with Gasteiger partial charge >= 0.3 is 0 Å². The molecule has 30 heavy (non-hydrogen) atoms. The third-order valence-corrected chi connectivity index (χ3v) is 4.92. The number of carbonyl (C=O) groups excluding carboxylic acids is 1. The van der Waals surface area contributed by atoms with E-state index in [0.29, 0.717) is 33.6 Å². The number of nitrogens with one attached hydrogen (secondary N) is 2. The average Bonchev–Trinajstić information content (AvgIpc) is 3.42. The number of aryl methyl sites for hydroxylation is 1. The number of hydrogen-bond acceptors (Lipinski definition) is 5. The van der Waals surface area contributed by atoms with E-state index in [1.165, 1.54) is 0 Å². The minimum atomic E-state index is -0.372. The fourth-order valence-electron chi connectivity index (χ4n) is 3.44. The van der Waals surface area contributed by atoms with E-state index in [-0.39, 0.29) is 18.0 Å². The zero-order chi connectivity index (χ0) is 20.7. The lowest BCUT2D eigenvalue weighted by Gasteiger charge is -2.06. The van der Waals surface area contributed by atoms with Crippen LogP contribution in [-0.4, -0.2) is 25.7 Å². The Kier molecular flexibility index (Phi) is 4.17. The van der Waals surface area contributed by atoms with Gasteiger partial charge in [0, 0.05) is 11.1 Å². The highest BCUT2D eigenvalue weighted by Crippen LogP contribution is 2.23. The number of furan rings is 1. The predicted molar refractivity (Wildman–Crippen MR) is 111 cm³/mol. The molecule has 1 amide bonds. The number of fused-ring (bicyclic) bond motifs is 3. The maximum Gasteiger partial charge on any atom is 0.281 e. The van der Waals surface area contributed by atoms with E-state index in [0.717, 1.165) is 11.1 Å². The maximum atomic E-state index is 12.6. The molecule has 0 spiro atoms. The van der Waals surface area contributed by atoms with Gasteiger partial charge in [-0.3, -0.25) is 9.59 Å². The van der Waals surface area contributed by atoms with Crippen LogP contribution in [0.4, 0.5) is 0 Å². The first kappa shape index (κ1) is 17.9. The summed E-state index contributed by atoms with van der Waals surface area (Å²) in [6, 6.07) is 16.2. The van der Waals surface area contributed by atoms with Crippen LogP contribution in [0.15, 0.2) is 70.1 Å². The smallest absolute Gasteiger partial charge is 0.281 e. The Bertz CT molecular complexity index is 1450. The van der Waals surface area contributed by atoms with Crippen LogP contribution in [0.5, 0.6) is 0 Å². The van der Waals surface area contributed by atoms with Crippen molar-refractivity contribution in [3.05, 3.63) is 88.1 Å². The molecule has 5 aromatic rings. The molecular formula is C22H17N5O3. The number of hydrogen-bond donors (Lipinski definition) is 2. The Morgan fingerprint density at radius 1 is 1.17 bits per heavy atom. The molecule has 3 heterocycles. The van der Waals surface area contributed by atoms with E-state index in [4.69, 9.17) is 4.42 Å². The van der Waals surface area contributed by atoms with Crippen LogP contribution < -0.4 is 10.9 Å². The predicted octanol–water partition coefficient (Wildman–Crippen LogP) is 3.07. The number of H-pyrrole nitrogens is 1. The van der Waals surface area contributed by atoms with Crippen molar-refractivity contribution in [3.8, 4) is 11.3 Å². The molecular weight excluding hydrogens is 382 g/mol. The molecule has 0 aliphatic carbocycles. The lowest BCUT2D eigenvalue weighted by Crippen LogP contribution is -2.22. The lowest BCUT2D eigenvalue weighted by atomic mass is 10.1. The fourth-order valence-corrected chi connectivity index (χ4v) is 3.44. The summed E-state index contributed by atoms with van der Waals surface area (Å²) in [6.45, 7) is 2.26. The second-order valence-corrected chi connectivity index (χ2v) is 7.00. The summed E-state index contributed by atoms with van der Waals surface area (Å²) in [6.07, 6.45) is 1.55. The van der Waals surface area contributed by atoms with Gasteiger partial charge < -0.3 is 9.73 Å². The van der Waals surface area contributed by atoms with Crippen molar-refractivity contribution in [1.29, 1.82) is 0 Å². The Labute approximate surface area is 170 Å². The summed E-state index contributed by atoms with van der Waals surface area (Å²) in [5.41, 5.74) is 3.49. The second-order valence-electron chi connectivity index (χ2n) is 7.00. The van der Waals surface area contributed by atoms with Crippen molar-refractivity contribution in [3.63, 3.8) is 0 Å². The standard InChI is InChI=1S/C22H17N5O3/c1-13-4-2-5-14(10-13)19-20-24-22(29)17-8-7-15(11-18(17)27(20)26-25-19)21(28)23-12-16-6-3-9-30-16/h2-11,26H,12H2,1H3,(H,23,28). The molecule has 148 valence electrons. The molecule has 0 unspecified atom stereocenters. The van der Waals surface area contributed by atoms with Gasteiger partial charge in [-0.25, -0.2) is 9.73 Å². The zero-order valence-corrected chi connectivity index (χ0v) is 16.0. The van der Waals surface area contributed by atoms with E-state index in [1.54, 1.807) is 41.1 Å². The molecule has 8 nitrogen and oxygen atoms in total. The molecule has 0 bridgehead atoms. The molecule has 0 aliphatic heterocycles. The second kappa shape index (κ2) is 7.00. The Balaban J connectivity index is 1.59. The Morgan fingerprint density at radius 2 is 2.07 bits per heavy atom. The monoisotopic (exact) mass is 399 g/mol. The normalized spacial score (nSPS) is 11.2. The number of carbonyl (C=O) groups is 1. The van der Waals surface area contributed by atoms with Crippen LogP contribution in [0.2, 0.25) is 0 Å². The van der Waals surface area contributed by atoms with Crippen molar-refractivity contribution in [2.45, 2.75) is 13.5 Å². The molecule has 2 aromatic carbocycles. The molecule has 0 fully saturated rings. The molecule has 0 aliphatic rings. The number of rotatable bonds is 4. The molecule has 0 atom stereocenters. The summed E-state index contributed by atoms with van der Waals surface area (Å²) in [5.74, 6) is 0.382. The van der Waals surface area contributed by atoms with Crippen molar-refractivity contribution in [2.75, 3.05) is 0 Å². The largest absolute Gasteiger partial charge is 0.467 e. The number of benzene rings is 2. The van der Waals surface area contributed by atoms with Gasteiger partial charge in [0.05, 0.1) is 23.7 Å². The van der Waals surface area contributed by atoms with Crippen LogP contribution in [0.25, 0.3) is 27.8 Å². The maximum absolute atomic E-state index is 12.6. The molecule has 0 radical (unpaired) electrons. The van der Waals surface area contributed by atoms with Gasteiger partial charge in [-0.15, -0.1) is 0 Å². The van der Waals surface area contributed by atoms with Gasteiger partial charge in [-0.2, -0.15) is 10.1 Å². The highest BCUT2D eigenvalue weighted by atomic mass is 16.3. The third kappa shape index (κ3) is 3.04. The summed E-state index contributed by atoms with van der Waals surface area (Å²) >= 11 is 0. The van der Waals surface area contributed by atoms with Crippen molar-refractivity contribution >= 4 is 22.5 Å². The minimum Gasteiger partial charge on any atom is -0.467 e. The molecule has 0 saturated heterocycles. The Morgan fingerprint density at radius 3 is 2.87 bits per heavy atom. The summed E-state index contributed by atoms with van der Waals surface area (Å²) in [4.78, 5) is 29.4. The summed E-state index contributed by atoms with van der Waals surface area (Å²) in [5, 5.41) is 10.5. The van der Waals surface area contributed by atoms with Crippen molar-refractivity contribution < 1.29 is 9.21 Å². The SMILES string of the molecule is Cc1cccc(-c2n[nH]n3c2nc(=O)c2ccc(C(=O)NCc4ccco4)cc23)c1. The average molecular weight is 399 g/mol. The molecule has 8 heteroatoms. The highest BCUT2D eigenvalue weighted by molar-refractivity contribution is 5.98. The van der Waals surface area contributed by atoms with Gasteiger partial charge in [-0.1, -0.05) is 23.8 Å². The van der Waals surface area contributed by atoms with Gasteiger partial charge in [0.25, 0.3) is 11.5 Å². The molecule has 0 saturated carbocycles. The van der Waals surface area contributed by atoms with Gasteiger partial charge in [0.2, 0.25) is 0 Å². The van der Waals surface area contributed by atoms with Gasteiger partial charge in [0.1, 0.15) is 11.5 Å². The van der Waals surface area contributed by atoms with Gasteiger partial charge in [-0.05, 0) is 43.3 Å². The van der Waals surface area contributed by atoms with Crippen molar-refractivity contribution in [2.24, 2.45) is 0 Å². The van der Waals surface area contributed by atoms with Crippen LogP contribution in [-0.2, 0) is 6.54 Å². The Hall–Kier alpha value is -4.20. The van der Waals surface area contributed by atoms with Crippen LogP contribution in [0, 0.1) is 6.92 Å². The first-order valence-corrected chi connectivity index (χ1v) is 9.39. The van der Waals surface area contributed by atoms with E-state index in [1.807, 2.05) is 31.2 Å². The first-order chi connectivity index (χ1) is 14.6. The van der Waals surface area contributed by atoms with Crippen LogP contribution >= 0.6 is 0 Å². The number of aromatic nitrogens is 4. The van der Waals surface area contributed by atoms with Crippen molar-refractivity contribution in [1.82, 2.24) is 25.1 Å². The number of nitrogens with zero attached hydrogens (tertiary/aromatic N) is 3. The quantitative estimate of drug-likeness (QED) is 0.483. The number of aromatic amines is 1. The van der Waals surface area contributed by atoms with Crippen LogP contribution in [0.1, 0.15) is 21.7 Å². The van der Waals surface area contributed by atoms with E-state index < -0.39 is 0 Å². The van der Waals surface area contributed by atoms with E-state index in [2.05, 4.69) is 20.6 Å². The zero-order valence-electron chi connectivity index (χ0n) is 16.0. The molecule has 5 rings (SSSR count). The highest BCUT2D eigenvalue weighted by Gasteiger charge is 2.16. The summed E-state index contributed by atoms with van der Waals surface area (Å²) in [7, 11) is 0. The van der Waals surface area contributed by atoms with Crippen LogP contribution in [0.3, 0.4) is 0 Å². The van der Waals surface area contributed by atoms with E-state index >= 15 is 0 Å². The van der Waals surface area contributed by atoms with E-state index in [9.17, 15) is 9.59 Å². The third-order valence-electron chi connectivity index (χ3n) is 4.92. The summed E-state index contributed by atoms with van der Waals surface area (Å²) < 4.78 is 6.86. The lowest BCUT2D eigenvalue weighted by molar-refractivity contribution is 0.0948.